The summed E-state index contributed by atoms with van der Waals surface area (Å²) >= 11 is 0. The molecular formula is C16H20N2. The SMILES string of the molecule is Cc1ccncc1CNc1ccc(C(C)C)cc1. The van der Waals surface area contributed by atoms with Gasteiger partial charge in [-0.1, -0.05) is 26.0 Å². The zero-order valence-electron chi connectivity index (χ0n) is 11.3. The summed E-state index contributed by atoms with van der Waals surface area (Å²) < 4.78 is 0. The fourth-order valence-corrected chi connectivity index (χ4v) is 1.86. The van der Waals surface area contributed by atoms with Crippen LogP contribution in [0, 0.1) is 6.92 Å². The zero-order chi connectivity index (χ0) is 13.0. The fraction of sp³-hybridized carbons (Fsp3) is 0.312. The van der Waals surface area contributed by atoms with Gasteiger partial charge in [-0.2, -0.15) is 0 Å². The van der Waals surface area contributed by atoms with Gasteiger partial charge in [-0.25, -0.2) is 0 Å². The van der Waals surface area contributed by atoms with Gasteiger partial charge in [0.2, 0.25) is 0 Å². The molecule has 1 heterocycles. The number of pyridine rings is 1. The average molecular weight is 240 g/mol. The normalized spacial score (nSPS) is 10.7. The van der Waals surface area contributed by atoms with Gasteiger partial charge in [0.1, 0.15) is 0 Å². The number of nitrogens with zero attached hydrogens (tertiary/aromatic N) is 1. The van der Waals surface area contributed by atoms with Crippen molar-refractivity contribution in [2.45, 2.75) is 33.2 Å². The third-order valence-electron chi connectivity index (χ3n) is 3.21. The molecule has 94 valence electrons. The molecule has 1 aromatic carbocycles. The number of hydrogen-bond acceptors (Lipinski definition) is 2. The molecule has 2 aromatic rings. The van der Waals surface area contributed by atoms with Gasteiger partial charge in [-0.05, 0) is 47.7 Å². The van der Waals surface area contributed by atoms with Crippen LogP contribution in [0.3, 0.4) is 0 Å². The smallest absolute Gasteiger partial charge is 0.0418 e. The summed E-state index contributed by atoms with van der Waals surface area (Å²) in [6.45, 7) is 7.35. The monoisotopic (exact) mass is 240 g/mol. The van der Waals surface area contributed by atoms with E-state index in [1.165, 1.54) is 16.7 Å². The zero-order valence-corrected chi connectivity index (χ0v) is 11.3. The van der Waals surface area contributed by atoms with Crippen molar-refractivity contribution < 1.29 is 0 Å². The first kappa shape index (κ1) is 12.6. The molecule has 0 spiro atoms. The molecule has 0 radical (unpaired) electrons. The van der Waals surface area contributed by atoms with E-state index in [4.69, 9.17) is 0 Å². The number of anilines is 1. The minimum Gasteiger partial charge on any atom is -0.381 e. The number of nitrogens with one attached hydrogen (secondary N) is 1. The van der Waals surface area contributed by atoms with E-state index in [0.29, 0.717) is 5.92 Å². The molecule has 0 unspecified atom stereocenters. The molecule has 0 aliphatic rings. The van der Waals surface area contributed by atoms with Crippen molar-refractivity contribution in [2.24, 2.45) is 0 Å². The Morgan fingerprint density at radius 1 is 1.11 bits per heavy atom. The second kappa shape index (κ2) is 5.67. The molecule has 0 saturated heterocycles. The van der Waals surface area contributed by atoms with Crippen molar-refractivity contribution in [3.05, 3.63) is 59.4 Å². The van der Waals surface area contributed by atoms with Gasteiger partial charge in [-0.3, -0.25) is 4.98 Å². The number of aromatic nitrogens is 1. The van der Waals surface area contributed by atoms with Crippen LogP contribution in [0.15, 0.2) is 42.7 Å². The molecule has 0 saturated carbocycles. The largest absolute Gasteiger partial charge is 0.381 e. The predicted octanol–water partition coefficient (Wildman–Crippen LogP) is 4.13. The lowest BCUT2D eigenvalue weighted by Gasteiger charge is -2.10. The minimum atomic E-state index is 0.583. The maximum absolute atomic E-state index is 4.16. The van der Waals surface area contributed by atoms with Gasteiger partial charge in [0.05, 0.1) is 0 Å². The Bertz CT molecular complexity index is 501. The molecule has 0 aliphatic carbocycles. The molecule has 2 heteroatoms. The third kappa shape index (κ3) is 3.10. The average Bonchev–Trinajstić information content (AvgIpc) is 2.38. The van der Waals surface area contributed by atoms with E-state index in [1.807, 2.05) is 18.5 Å². The number of rotatable bonds is 4. The van der Waals surface area contributed by atoms with E-state index in [2.05, 4.69) is 55.3 Å². The van der Waals surface area contributed by atoms with Crippen LogP contribution in [-0.4, -0.2) is 4.98 Å². The molecule has 1 aromatic heterocycles. The molecule has 2 nitrogen and oxygen atoms in total. The van der Waals surface area contributed by atoms with E-state index in [1.54, 1.807) is 0 Å². The predicted molar refractivity (Wildman–Crippen MR) is 76.8 cm³/mol. The van der Waals surface area contributed by atoms with Crippen molar-refractivity contribution >= 4 is 5.69 Å². The highest BCUT2D eigenvalue weighted by atomic mass is 14.9. The number of benzene rings is 1. The molecule has 18 heavy (non-hydrogen) atoms. The highest BCUT2D eigenvalue weighted by Crippen LogP contribution is 2.17. The van der Waals surface area contributed by atoms with Gasteiger partial charge in [0.25, 0.3) is 0 Å². The van der Waals surface area contributed by atoms with Crippen molar-refractivity contribution in [1.82, 2.24) is 4.98 Å². The van der Waals surface area contributed by atoms with E-state index in [9.17, 15) is 0 Å². The Balaban J connectivity index is 2.00. The second-order valence-corrected chi connectivity index (χ2v) is 4.93. The van der Waals surface area contributed by atoms with E-state index in [-0.39, 0.29) is 0 Å². The van der Waals surface area contributed by atoms with E-state index >= 15 is 0 Å². The van der Waals surface area contributed by atoms with Crippen LogP contribution in [0.25, 0.3) is 0 Å². The topological polar surface area (TPSA) is 24.9 Å². The van der Waals surface area contributed by atoms with Crippen LogP contribution < -0.4 is 5.32 Å². The van der Waals surface area contributed by atoms with Gasteiger partial charge in [0.15, 0.2) is 0 Å². The molecule has 0 fully saturated rings. The van der Waals surface area contributed by atoms with Crippen molar-refractivity contribution in [3.63, 3.8) is 0 Å². The maximum Gasteiger partial charge on any atom is 0.0418 e. The van der Waals surface area contributed by atoms with Crippen molar-refractivity contribution in [3.8, 4) is 0 Å². The van der Waals surface area contributed by atoms with Gasteiger partial charge in [-0.15, -0.1) is 0 Å². The lowest BCUT2D eigenvalue weighted by atomic mass is 10.0. The summed E-state index contributed by atoms with van der Waals surface area (Å²) in [4.78, 5) is 4.16. The summed E-state index contributed by atoms with van der Waals surface area (Å²) in [5.74, 6) is 0.583. The minimum absolute atomic E-state index is 0.583. The van der Waals surface area contributed by atoms with Crippen LogP contribution >= 0.6 is 0 Å². The standard InChI is InChI=1S/C16H20N2/c1-12(2)14-4-6-16(7-5-14)18-11-15-10-17-9-8-13(15)3/h4-10,12,18H,11H2,1-3H3. The Morgan fingerprint density at radius 2 is 1.83 bits per heavy atom. The Kier molecular flexibility index (Phi) is 3.98. The maximum atomic E-state index is 4.16. The summed E-state index contributed by atoms with van der Waals surface area (Å²) in [5.41, 5.74) is 5.04. The van der Waals surface area contributed by atoms with Crippen LogP contribution in [0.4, 0.5) is 5.69 Å². The van der Waals surface area contributed by atoms with Crippen LogP contribution in [0.1, 0.15) is 36.5 Å². The van der Waals surface area contributed by atoms with Gasteiger partial charge >= 0.3 is 0 Å². The van der Waals surface area contributed by atoms with Crippen LogP contribution in [-0.2, 0) is 6.54 Å². The Labute approximate surface area is 109 Å². The van der Waals surface area contributed by atoms with Gasteiger partial charge in [0, 0.05) is 24.6 Å². The van der Waals surface area contributed by atoms with Crippen molar-refractivity contribution in [2.75, 3.05) is 5.32 Å². The quantitative estimate of drug-likeness (QED) is 0.869. The summed E-state index contributed by atoms with van der Waals surface area (Å²) in [5, 5.41) is 3.43. The van der Waals surface area contributed by atoms with E-state index < -0.39 is 0 Å². The number of hydrogen-bond donors (Lipinski definition) is 1. The van der Waals surface area contributed by atoms with Gasteiger partial charge < -0.3 is 5.32 Å². The molecule has 0 aliphatic heterocycles. The molecule has 1 N–H and O–H groups in total. The first-order chi connectivity index (χ1) is 8.66. The molecule has 0 atom stereocenters. The summed E-state index contributed by atoms with van der Waals surface area (Å²) in [6.07, 6.45) is 3.75. The van der Waals surface area contributed by atoms with Crippen molar-refractivity contribution in [1.29, 1.82) is 0 Å². The lowest BCUT2D eigenvalue weighted by molar-refractivity contribution is 0.866. The first-order valence-corrected chi connectivity index (χ1v) is 6.40. The Hall–Kier alpha value is -1.83. The lowest BCUT2D eigenvalue weighted by Crippen LogP contribution is -2.01. The number of aryl methyl sites for hydroxylation is 1. The Morgan fingerprint density at radius 3 is 2.44 bits per heavy atom. The third-order valence-corrected chi connectivity index (χ3v) is 3.21. The second-order valence-electron chi connectivity index (χ2n) is 4.93. The first-order valence-electron chi connectivity index (χ1n) is 6.40. The van der Waals surface area contributed by atoms with Crippen LogP contribution in [0.2, 0.25) is 0 Å². The molecular weight excluding hydrogens is 220 g/mol. The molecule has 0 amide bonds. The van der Waals surface area contributed by atoms with Crippen LogP contribution in [0.5, 0.6) is 0 Å². The molecule has 2 rings (SSSR count). The summed E-state index contributed by atoms with van der Waals surface area (Å²) in [7, 11) is 0. The highest BCUT2D eigenvalue weighted by Gasteiger charge is 2.00. The molecule has 0 bridgehead atoms. The fourth-order valence-electron chi connectivity index (χ4n) is 1.86. The van der Waals surface area contributed by atoms with E-state index in [0.717, 1.165) is 12.2 Å². The summed E-state index contributed by atoms with van der Waals surface area (Å²) in [6, 6.07) is 10.7. The highest BCUT2D eigenvalue weighted by molar-refractivity contribution is 5.45.